The minimum Gasteiger partial charge on any atom is -0.311 e. The van der Waals surface area contributed by atoms with Crippen molar-refractivity contribution in [2.75, 3.05) is 9.80 Å². The highest BCUT2D eigenvalue weighted by molar-refractivity contribution is 7.23. The van der Waals surface area contributed by atoms with Crippen molar-refractivity contribution in [3.8, 4) is 20.9 Å². The number of hydrogen-bond donors (Lipinski definition) is 0. The predicted octanol–water partition coefficient (Wildman–Crippen LogP) is 18.3. The minimum absolute atomic E-state index is 1.02. The highest BCUT2D eigenvalue weighted by Gasteiger charge is 2.25. The standard InChI is InChI=1S/C58H38N2S4/c1-5-13-41(14-6-1)59(42-15-7-2-8-16-42)45-25-21-37(22-26-45)51-29-39-31-55-47(33-53(39)61-51)49-35-58-50(36-57(49)63-55)48-34-54-40(32-56(48)64-58)30-52(62-54)38-23-27-46(28-24-38)60(43-17-9-3-10-18-43)44-19-11-4-12-20-44/h1-34H,35-36H2. The topological polar surface area (TPSA) is 6.48 Å². The van der Waals surface area contributed by atoms with Gasteiger partial charge in [-0.2, -0.15) is 0 Å². The van der Waals surface area contributed by atoms with E-state index in [9.17, 15) is 0 Å². The van der Waals surface area contributed by atoms with E-state index in [-0.39, 0.29) is 0 Å². The van der Waals surface area contributed by atoms with Gasteiger partial charge in [-0.25, -0.2) is 0 Å². The van der Waals surface area contributed by atoms with Crippen LogP contribution >= 0.6 is 45.3 Å². The molecule has 0 saturated carbocycles. The Bertz CT molecular complexity index is 3320. The Hall–Kier alpha value is -6.80. The third kappa shape index (κ3) is 6.56. The summed E-state index contributed by atoms with van der Waals surface area (Å²) >= 11 is 7.83. The molecule has 4 aromatic heterocycles. The lowest BCUT2D eigenvalue weighted by Crippen LogP contribution is -2.09. The number of hydrogen-bond acceptors (Lipinski definition) is 6. The molecule has 0 N–H and O–H groups in total. The molecule has 12 aromatic rings. The first-order valence-corrected chi connectivity index (χ1v) is 24.9. The first kappa shape index (κ1) is 37.7. The summed E-state index contributed by atoms with van der Waals surface area (Å²) in [5.74, 6) is 0. The summed E-state index contributed by atoms with van der Waals surface area (Å²) in [6, 6.07) is 75.3. The van der Waals surface area contributed by atoms with Crippen LogP contribution in [0.25, 0.3) is 61.2 Å². The molecule has 13 rings (SSSR count). The van der Waals surface area contributed by atoms with Gasteiger partial charge in [0.15, 0.2) is 0 Å². The molecule has 64 heavy (non-hydrogen) atoms. The van der Waals surface area contributed by atoms with Crippen molar-refractivity contribution in [2.45, 2.75) is 12.8 Å². The van der Waals surface area contributed by atoms with Gasteiger partial charge in [0.2, 0.25) is 0 Å². The lowest BCUT2D eigenvalue weighted by Gasteiger charge is -2.25. The van der Waals surface area contributed by atoms with Gasteiger partial charge in [-0.15, -0.1) is 45.3 Å². The number of fused-ring (bicyclic) bond motifs is 8. The minimum atomic E-state index is 1.02. The fraction of sp³-hybridized carbons (Fsp3) is 0.0345. The van der Waals surface area contributed by atoms with Gasteiger partial charge in [-0.05, 0) is 153 Å². The number of thiophene rings is 4. The molecule has 8 aromatic carbocycles. The monoisotopic (exact) mass is 890 g/mol. The molecule has 0 unspecified atom stereocenters. The number of rotatable bonds is 8. The van der Waals surface area contributed by atoms with Crippen molar-refractivity contribution < 1.29 is 0 Å². The van der Waals surface area contributed by atoms with Crippen LogP contribution in [0, 0.1) is 0 Å². The fourth-order valence-electron chi connectivity index (χ4n) is 9.49. The zero-order valence-corrected chi connectivity index (χ0v) is 37.8. The van der Waals surface area contributed by atoms with E-state index in [0.717, 1.165) is 47.0 Å². The highest BCUT2D eigenvalue weighted by Crippen LogP contribution is 2.48. The maximum Gasteiger partial charge on any atom is 0.0462 e. The molecule has 1 aliphatic rings. The summed E-state index contributed by atoms with van der Waals surface area (Å²) in [5.41, 5.74) is 12.5. The summed E-state index contributed by atoms with van der Waals surface area (Å²) in [6.45, 7) is 0. The second-order valence-electron chi connectivity index (χ2n) is 16.5. The van der Waals surface area contributed by atoms with Crippen LogP contribution in [0.5, 0.6) is 0 Å². The van der Waals surface area contributed by atoms with Gasteiger partial charge in [-0.1, -0.05) is 97.1 Å². The molecule has 4 heterocycles. The molecule has 0 radical (unpaired) electrons. The van der Waals surface area contributed by atoms with Crippen LogP contribution in [0.1, 0.15) is 20.9 Å². The summed E-state index contributed by atoms with van der Waals surface area (Å²) < 4.78 is 5.54. The van der Waals surface area contributed by atoms with Crippen LogP contribution in [-0.4, -0.2) is 0 Å². The molecule has 0 bridgehead atoms. The van der Waals surface area contributed by atoms with Gasteiger partial charge < -0.3 is 9.80 Å². The summed E-state index contributed by atoms with van der Waals surface area (Å²) in [5, 5.41) is 5.54. The molecule has 6 heteroatoms. The van der Waals surface area contributed by atoms with Crippen molar-refractivity contribution in [2.24, 2.45) is 0 Å². The quantitative estimate of drug-likeness (QED) is 0.150. The van der Waals surface area contributed by atoms with Crippen LogP contribution in [0.4, 0.5) is 34.1 Å². The van der Waals surface area contributed by atoms with Gasteiger partial charge in [0.05, 0.1) is 0 Å². The Morgan fingerprint density at radius 2 is 0.625 bits per heavy atom. The summed E-state index contributed by atoms with van der Waals surface area (Å²) in [7, 11) is 0. The van der Waals surface area contributed by atoms with E-state index in [0.29, 0.717) is 0 Å². The van der Waals surface area contributed by atoms with Gasteiger partial charge in [0, 0.05) is 85.3 Å². The van der Waals surface area contributed by atoms with Crippen molar-refractivity contribution in [3.05, 3.63) is 227 Å². The molecule has 0 fully saturated rings. The lowest BCUT2D eigenvalue weighted by molar-refractivity contribution is 1.09. The normalized spacial score (nSPS) is 12.2. The molecule has 304 valence electrons. The fourth-order valence-corrected chi connectivity index (χ4v) is 14.2. The Labute approximate surface area is 387 Å². The average Bonchev–Trinajstić information content (AvgIpc) is 4.13. The maximum atomic E-state index is 2.48. The molecular formula is C58H38N2S4. The van der Waals surface area contributed by atoms with Gasteiger partial charge in [0.1, 0.15) is 0 Å². The van der Waals surface area contributed by atoms with Crippen LogP contribution in [0.15, 0.2) is 206 Å². The number of benzene rings is 8. The molecule has 0 amide bonds. The van der Waals surface area contributed by atoms with Gasteiger partial charge >= 0.3 is 0 Å². The third-order valence-corrected chi connectivity index (χ3v) is 17.3. The number of nitrogens with zero attached hydrogens (tertiary/aromatic N) is 2. The van der Waals surface area contributed by atoms with E-state index in [1.54, 1.807) is 0 Å². The van der Waals surface area contributed by atoms with E-state index < -0.39 is 0 Å². The van der Waals surface area contributed by atoms with E-state index in [1.807, 2.05) is 45.3 Å². The van der Waals surface area contributed by atoms with E-state index in [2.05, 4.69) is 216 Å². The second kappa shape index (κ2) is 15.5. The zero-order valence-electron chi connectivity index (χ0n) is 34.6. The molecular weight excluding hydrogens is 853 g/mol. The first-order valence-electron chi connectivity index (χ1n) is 21.6. The lowest BCUT2D eigenvalue weighted by atomic mass is 9.93. The third-order valence-electron chi connectivity index (χ3n) is 12.6. The van der Waals surface area contributed by atoms with Crippen molar-refractivity contribution in [3.63, 3.8) is 0 Å². The Kier molecular flexibility index (Phi) is 9.12. The second-order valence-corrected chi connectivity index (χ2v) is 20.9. The molecule has 2 nitrogen and oxygen atoms in total. The Morgan fingerprint density at radius 1 is 0.297 bits per heavy atom. The van der Waals surface area contributed by atoms with Crippen LogP contribution < -0.4 is 9.80 Å². The SMILES string of the molecule is c1ccc(N(c2ccccc2)c2ccc(-c3cc4cc5sc6c(c5cc4s3)Cc3sc4cc5cc(-c7ccc(N(c8ccccc8)c8ccccc8)cc7)sc5cc4c3C6)cc2)cc1. The highest BCUT2D eigenvalue weighted by atomic mass is 32.1. The average molecular weight is 891 g/mol. The zero-order chi connectivity index (χ0) is 42.1. The van der Waals surface area contributed by atoms with E-state index >= 15 is 0 Å². The maximum absolute atomic E-state index is 2.48. The summed E-state index contributed by atoms with van der Waals surface area (Å²) in [4.78, 5) is 10.3. The smallest absolute Gasteiger partial charge is 0.0462 e. The molecule has 0 atom stereocenters. The van der Waals surface area contributed by atoms with E-state index in [4.69, 9.17) is 0 Å². The van der Waals surface area contributed by atoms with Crippen molar-refractivity contribution >= 4 is 120 Å². The number of para-hydroxylation sites is 4. The molecule has 1 aliphatic carbocycles. The Morgan fingerprint density at radius 3 is 0.969 bits per heavy atom. The molecule has 0 saturated heterocycles. The van der Waals surface area contributed by atoms with Crippen LogP contribution in [0.3, 0.4) is 0 Å². The van der Waals surface area contributed by atoms with Gasteiger partial charge in [-0.3, -0.25) is 0 Å². The number of anilines is 6. The van der Waals surface area contributed by atoms with Crippen LogP contribution in [0.2, 0.25) is 0 Å². The Balaban J connectivity index is 0.775. The van der Waals surface area contributed by atoms with Crippen molar-refractivity contribution in [1.82, 2.24) is 0 Å². The van der Waals surface area contributed by atoms with E-state index in [1.165, 1.54) is 82.1 Å². The summed E-state index contributed by atoms with van der Waals surface area (Å²) in [6.07, 6.45) is 2.03. The molecule has 0 aliphatic heterocycles. The largest absolute Gasteiger partial charge is 0.311 e. The van der Waals surface area contributed by atoms with Crippen molar-refractivity contribution in [1.29, 1.82) is 0 Å². The predicted molar refractivity (Wildman–Crippen MR) is 280 cm³/mol. The molecule has 0 spiro atoms. The van der Waals surface area contributed by atoms with Gasteiger partial charge in [0.25, 0.3) is 0 Å². The van der Waals surface area contributed by atoms with Crippen LogP contribution in [-0.2, 0) is 12.8 Å². The first-order chi connectivity index (χ1) is 31.7.